The molecule has 1 unspecified atom stereocenters. The van der Waals surface area contributed by atoms with Crippen LogP contribution >= 0.6 is 0 Å². The number of carbonyl (C=O) groups excluding carboxylic acids is 1. The average molecular weight is 292 g/mol. The van der Waals surface area contributed by atoms with E-state index < -0.39 is 0 Å². The van der Waals surface area contributed by atoms with Crippen molar-refractivity contribution in [3.8, 4) is 0 Å². The van der Waals surface area contributed by atoms with Gasteiger partial charge in [0.25, 0.3) is 0 Å². The van der Waals surface area contributed by atoms with Gasteiger partial charge in [0, 0.05) is 24.7 Å². The number of nitrogens with one attached hydrogen (secondary N) is 2. The van der Waals surface area contributed by atoms with E-state index in [0.717, 1.165) is 18.8 Å². The Bertz CT molecular complexity index is 478. The lowest BCUT2D eigenvalue weighted by Gasteiger charge is -2.30. The van der Waals surface area contributed by atoms with Gasteiger partial charge in [-0.1, -0.05) is 11.6 Å². The van der Waals surface area contributed by atoms with Crippen molar-refractivity contribution in [3.05, 3.63) is 11.8 Å². The van der Waals surface area contributed by atoms with Crippen LogP contribution in [0.5, 0.6) is 0 Å². The van der Waals surface area contributed by atoms with Gasteiger partial charge in [0.2, 0.25) is 11.8 Å². The van der Waals surface area contributed by atoms with Crippen LogP contribution in [-0.4, -0.2) is 47.7 Å². The molecule has 2 aliphatic rings. The quantitative estimate of drug-likeness (QED) is 0.832. The first-order valence-corrected chi connectivity index (χ1v) is 7.91. The fourth-order valence-electron chi connectivity index (χ4n) is 2.93. The zero-order valence-electron chi connectivity index (χ0n) is 12.6. The van der Waals surface area contributed by atoms with E-state index in [4.69, 9.17) is 4.52 Å². The highest BCUT2D eigenvalue weighted by Crippen LogP contribution is 2.27. The molecule has 1 amide bonds. The molecule has 1 aliphatic carbocycles. The maximum absolute atomic E-state index is 12.1. The van der Waals surface area contributed by atoms with E-state index in [1.807, 2.05) is 6.92 Å². The number of nitrogens with zero attached hydrogens (tertiary/aromatic N) is 2. The molecule has 1 aromatic heterocycles. The largest absolute Gasteiger partial charge is 0.338 e. The average Bonchev–Trinajstić information content (AvgIpc) is 3.23. The highest BCUT2D eigenvalue weighted by Gasteiger charge is 2.32. The van der Waals surface area contributed by atoms with Crippen LogP contribution in [0.25, 0.3) is 0 Å². The first-order valence-electron chi connectivity index (χ1n) is 7.91. The number of hydrogen-bond donors (Lipinski definition) is 2. The van der Waals surface area contributed by atoms with Crippen LogP contribution in [0.2, 0.25) is 0 Å². The minimum atomic E-state index is -0.0196. The van der Waals surface area contributed by atoms with Gasteiger partial charge >= 0.3 is 0 Å². The Morgan fingerprint density at radius 3 is 2.95 bits per heavy atom. The molecule has 1 saturated heterocycles. The number of anilines is 1. The molecule has 2 heterocycles. The maximum Gasteiger partial charge on any atom is 0.240 e. The number of hydrogen-bond acceptors (Lipinski definition) is 5. The normalized spacial score (nSPS) is 22.5. The summed E-state index contributed by atoms with van der Waals surface area (Å²) in [6.07, 6.45) is 6.19. The molecule has 6 heteroatoms. The molecule has 1 aliphatic heterocycles. The molecule has 1 aromatic rings. The van der Waals surface area contributed by atoms with E-state index in [0.29, 0.717) is 24.5 Å². The highest BCUT2D eigenvalue weighted by atomic mass is 16.5. The van der Waals surface area contributed by atoms with Gasteiger partial charge in [0.1, 0.15) is 0 Å². The van der Waals surface area contributed by atoms with E-state index in [2.05, 4.69) is 20.7 Å². The van der Waals surface area contributed by atoms with Crippen LogP contribution < -0.4 is 10.6 Å². The van der Waals surface area contributed by atoms with Gasteiger partial charge in [0.05, 0.1) is 12.2 Å². The summed E-state index contributed by atoms with van der Waals surface area (Å²) in [5, 5.41) is 10.1. The fraction of sp³-hybridized carbons (Fsp3) is 0.733. The van der Waals surface area contributed by atoms with Crippen molar-refractivity contribution in [3.63, 3.8) is 0 Å². The van der Waals surface area contributed by atoms with Gasteiger partial charge in [-0.25, -0.2) is 0 Å². The van der Waals surface area contributed by atoms with Crippen molar-refractivity contribution in [1.29, 1.82) is 0 Å². The molecule has 1 saturated carbocycles. The first-order chi connectivity index (χ1) is 10.2. The summed E-state index contributed by atoms with van der Waals surface area (Å²) in [6.45, 7) is 4.34. The summed E-state index contributed by atoms with van der Waals surface area (Å²) in [4.78, 5) is 14.5. The highest BCUT2D eigenvalue weighted by molar-refractivity contribution is 5.91. The van der Waals surface area contributed by atoms with Crippen LogP contribution in [0.1, 0.15) is 37.8 Å². The topological polar surface area (TPSA) is 70.4 Å². The Hall–Kier alpha value is -1.40. The lowest BCUT2D eigenvalue weighted by atomic mass is 10.0. The Morgan fingerprint density at radius 2 is 2.33 bits per heavy atom. The van der Waals surface area contributed by atoms with Crippen LogP contribution in [0.15, 0.2) is 10.6 Å². The molecule has 0 spiro atoms. The number of amides is 1. The lowest BCUT2D eigenvalue weighted by Crippen LogP contribution is -2.46. The summed E-state index contributed by atoms with van der Waals surface area (Å²) in [5.41, 5.74) is 0.774. The number of rotatable bonds is 6. The minimum absolute atomic E-state index is 0.0196. The van der Waals surface area contributed by atoms with Gasteiger partial charge in [-0.15, -0.1) is 0 Å². The van der Waals surface area contributed by atoms with E-state index >= 15 is 0 Å². The van der Waals surface area contributed by atoms with Gasteiger partial charge in [-0.2, -0.15) is 0 Å². The minimum Gasteiger partial charge on any atom is -0.338 e. The molecule has 1 atom stereocenters. The summed E-state index contributed by atoms with van der Waals surface area (Å²) in [5.74, 6) is 0.415. The predicted octanol–water partition coefficient (Wildman–Crippen LogP) is 1.53. The number of carbonyl (C=O) groups is 1. The van der Waals surface area contributed by atoms with Crippen molar-refractivity contribution in [2.45, 2.75) is 51.1 Å². The first kappa shape index (κ1) is 14.5. The van der Waals surface area contributed by atoms with Crippen molar-refractivity contribution in [2.24, 2.45) is 0 Å². The Morgan fingerprint density at radius 1 is 1.48 bits per heavy atom. The van der Waals surface area contributed by atoms with Gasteiger partial charge in [0.15, 0.2) is 0 Å². The monoisotopic (exact) mass is 292 g/mol. The van der Waals surface area contributed by atoms with Crippen LogP contribution in [0, 0.1) is 6.92 Å². The molecule has 21 heavy (non-hydrogen) atoms. The zero-order chi connectivity index (χ0) is 14.7. The Kier molecular flexibility index (Phi) is 4.55. The SMILES string of the molecule is Cc1cc(NC(=O)CN(CC2CCCCN2)C2CC2)on1. The van der Waals surface area contributed by atoms with Gasteiger partial charge < -0.3 is 9.84 Å². The summed E-state index contributed by atoms with van der Waals surface area (Å²) in [6, 6.07) is 2.85. The zero-order valence-corrected chi connectivity index (χ0v) is 12.6. The third-order valence-electron chi connectivity index (χ3n) is 4.17. The van der Waals surface area contributed by atoms with E-state index in [-0.39, 0.29) is 5.91 Å². The van der Waals surface area contributed by atoms with Crippen LogP contribution in [0.4, 0.5) is 5.88 Å². The van der Waals surface area contributed by atoms with E-state index in [1.54, 1.807) is 6.07 Å². The van der Waals surface area contributed by atoms with Crippen molar-refractivity contribution < 1.29 is 9.32 Å². The van der Waals surface area contributed by atoms with Crippen molar-refractivity contribution in [2.75, 3.05) is 25.0 Å². The molecule has 6 nitrogen and oxygen atoms in total. The number of piperidine rings is 1. The molecular formula is C15H24N4O2. The smallest absolute Gasteiger partial charge is 0.240 e. The molecule has 2 fully saturated rings. The van der Waals surface area contributed by atoms with Crippen LogP contribution in [-0.2, 0) is 4.79 Å². The maximum atomic E-state index is 12.1. The number of aromatic nitrogens is 1. The predicted molar refractivity (Wildman–Crippen MR) is 80.1 cm³/mol. The van der Waals surface area contributed by atoms with Crippen LogP contribution in [0.3, 0.4) is 0 Å². The van der Waals surface area contributed by atoms with Crippen molar-refractivity contribution in [1.82, 2.24) is 15.4 Å². The third kappa shape index (κ3) is 4.28. The Labute approximate surface area is 125 Å². The molecular weight excluding hydrogens is 268 g/mol. The van der Waals surface area contributed by atoms with E-state index in [9.17, 15) is 4.79 Å². The van der Waals surface area contributed by atoms with Gasteiger partial charge in [-0.05, 0) is 39.2 Å². The summed E-state index contributed by atoms with van der Waals surface area (Å²) >= 11 is 0. The second-order valence-electron chi connectivity index (χ2n) is 6.19. The molecule has 0 radical (unpaired) electrons. The Balaban J connectivity index is 1.50. The lowest BCUT2D eigenvalue weighted by molar-refractivity contribution is -0.117. The van der Waals surface area contributed by atoms with Gasteiger partial charge in [-0.3, -0.25) is 15.0 Å². The van der Waals surface area contributed by atoms with Crippen molar-refractivity contribution >= 4 is 11.8 Å². The standard InChI is InChI=1S/C15H24N4O2/c1-11-8-15(21-18-11)17-14(20)10-19(13-5-6-13)9-12-4-2-3-7-16-12/h8,12-13,16H,2-7,9-10H2,1H3,(H,17,20). The molecule has 116 valence electrons. The van der Waals surface area contributed by atoms with E-state index in [1.165, 1.54) is 32.1 Å². The molecule has 2 N–H and O–H groups in total. The fourth-order valence-corrected chi connectivity index (χ4v) is 2.93. The number of aryl methyl sites for hydroxylation is 1. The second kappa shape index (κ2) is 6.58. The summed E-state index contributed by atoms with van der Waals surface area (Å²) < 4.78 is 5.03. The third-order valence-corrected chi connectivity index (χ3v) is 4.17. The molecule has 0 bridgehead atoms. The summed E-state index contributed by atoms with van der Waals surface area (Å²) in [7, 11) is 0. The molecule has 3 rings (SSSR count). The second-order valence-corrected chi connectivity index (χ2v) is 6.19. The molecule has 0 aromatic carbocycles.